The third kappa shape index (κ3) is 2.41. The van der Waals surface area contributed by atoms with Crippen molar-refractivity contribution in [3.63, 3.8) is 0 Å². The molecule has 1 N–H and O–H groups in total. The molecule has 1 saturated carbocycles. The second-order valence-electron chi connectivity index (χ2n) is 5.96. The lowest BCUT2D eigenvalue weighted by Crippen LogP contribution is -2.62. The van der Waals surface area contributed by atoms with Crippen LogP contribution in [-0.2, 0) is 23.2 Å². The van der Waals surface area contributed by atoms with Crippen LogP contribution in [0.1, 0.15) is 31.0 Å². The highest BCUT2D eigenvalue weighted by atomic mass is 35.5. The number of hydrogen-bond acceptors (Lipinski definition) is 3. The molecule has 2 heterocycles. The zero-order valence-corrected chi connectivity index (χ0v) is 13.1. The van der Waals surface area contributed by atoms with Crippen molar-refractivity contribution in [3.8, 4) is 0 Å². The van der Waals surface area contributed by atoms with Gasteiger partial charge in [-0.2, -0.15) is 5.10 Å². The number of amides is 2. The van der Waals surface area contributed by atoms with E-state index in [1.165, 1.54) is 0 Å². The number of carbonyl (C=O) groups excluding carboxylic acids is 2. The van der Waals surface area contributed by atoms with Gasteiger partial charge in [-0.1, -0.05) is 11.6 Å². The van der Waals surface area contributed by atoms with Crippen LogP contribution in [-0.4, -0.2) is 38.6 Å². The van der Waals surface area contributed by atoms with Crippen molar-refractivity contribution in [1.82, 2.24) is 20.0 Å². The molecule has 0 spiro atoms. The van der Waals surface area contributed by atoms with E-state index in [-0.39, 0.29) is 23.8 Å². The van der Waals surface area contributed by atoms with E-state index in [2.05, 4.69) is 10.4 Å². The summed E-state index contributed by atoms with van der Waals surface area (Å²) in [6, 6.07) is -0.854. The minimum absolute atomic E-state index is 0.0502. The molecule has 3 rings (SSSR count). The molecule has 7 heteroatoms. The molecule has 2 aliphatic rings. The van der Waals surface area contributed by atoms with Gasteiger partial charge >= 0.3 is 0 Å². The second kappa shape index (κ2) is 5.02. The highest BCUT2D eigenvalue weighted by Crippen LogP contribution is 2.38. The normalized spacial score (nSPS) is 26.2. The average molecular weight is 311 g/mol. The van der Waals surface area contributed by atoms with Crippen LogP contribution in [0.4, 0.5) is 0 Å². The van der Waals surface area contributed by atoms with Crippen molar-refractivity contribution in [2.75, 3.05) is 0 Å². The van der Waals surface area contributed by atoms with Crippen LogP contribution < -0.4 is 5.32 Å². The molecule has 2 atom stereocenters. The number of nitrogens with one attached hydrogen (secondary N) is 1. The third-order valence-corrected chi connectivity index (χ3v) is 4.76. The van der Waals surface area contributed by atoms with E-state index in [4.69, 9.17) is 11.6 Å². The van der Waals surface area contributed by atoms with Crippen LogP contribution in [0.25, 0.3) is 0 Å². The molecule has 2 unspecified atom stereocenters. The molecule has 114 valence electrons. The Kier molecular flexibility index (Phi) is 3.43. The molecular weight excluding hydrogens is 292 g/mol. The number of hydrogen-bond donors (Lipinski definition) is 1. The van der Waals surface area contributed by atoms with Crippen molar-refractivity contribution in [2.45, 2.75) is 45.3 Å². The summed E-state index contributed by atoms with van der Waals surface area (Å²) >= 11 is 6.26. The van der Waals surface area contributed by atoms with E-state index in [1.54, 1.807) is 23.6 Å². The number of piperazine rings is 1. The Bertz CT molecular complexity index is 608. The molecule has 1 saturated heterocycles. The van der Waals surface area contributed by atoms with Gasteiger partial charge in [-0.3, -0.25) is 14.3 Å². The zero-order valence-electron chi connectivity index (χ0n) is 12.4. The summed E-state index contributed by atoms with van der Waals surface area (Å²) in [5.41, 5.74) is 1.61. The maximum absolute atomic E-state index is 12.5. The van der Waals surface area contributed by atoms with E-state index in [9.17, 15) is 9.59 Å². The fraction of sp³-hybridized carbons (Fsp3) is 0.643. The lowest BCUT2D eigenvalue weighted by atomic mass is 10.0. The van der Waals surface area contributed by atoms with Crippen molar-refractivity contribution in [2.24, 2.45) is 13.0 Å². The molecule has 1 aliphatic heterocycles. The topological polar surface area (TPSA) is 67.2 Å². The third-order valence-electron chi connectivity index (χ3n) is 4.28. The minimum atomic E-state index is -0.483. The van der Waals surface area contributed by atoms with Gasteiger partial charge in [0, 0.05) is 12.6 Å². The predicted molar refractivity (Wildman–Crippen MR) is 77.6 cm³/mol. The molecule has 21 heavy (non-hydrogen) atoms. The first kappa shape index (κ1) is 14.4. The Morgan fingerprint density at radius 2 is 2.05 bits per heavy atom. The molecule has 2 fully saturated rings. The maximum atomic E-state index is 12.5. The van der Waals surface area contributed by atoms with Crippen LogP contribution in [0.2, 0.25) is 5.15 Å². The van der Waals surface area contributed by atoms with E-state index in [0.717, 1.165) is 24.1 Å². The fourth-order valence-electron chi connectivity index (χ4n) is 2.97. The van der Waals surface area contributed by atoms with Crippen molar-refractivity contribution < 1.29 is 9.59 Å². The Morgan fingerprint density at radius 1 is 1.38 bits per heavy atom. The summed E-state index contributed by atoms with van der Waals surface area (Å²) in [7, 11) is 1.77. The Balaban J connectivity index is 1.92. The van der Waals surface area contributed by atoms with E-state index in [1.807, 2.05) is 6.92 Å². The first-order chi connectivity index (χ1) is 9.90. The van der Waals surface area contributed by atoms with Crippen LogP contribution in [0.3, 0.4) is 0 Å². The second-order valence-corrected chi connectivity index (χ2v) is 6.32. The number of halogens is 1. The van der Waals surface area contributed by atoms with Crippen LogP contribution in [0.15, 0.2) is 0 Å². The highest BCUT2D eigenvalue weighted by molar-refractivity contribution is 6.30. The van der Waals surface area contributed by atoms with Crippen LogP contribution >= 0.6 is 11.6 Å². The van der Waals surface area contributed by atoms with Gasteiger partial charge in [0.05, 0.1) is 12.2 Å². The van der Waals surface area contributed by atoms with Crippen molar-refractivity contribution >= 4 is 23.4 Å². The summed E-state index contributed by atoms with van der Waals surface area (Å²) in [6.07, 6.45) is 1.99. The number of nitrogens with zero attached hydrogens (tertiary/aromatic N) is 3. The molecule has 1 aliphatic carbocycles. The van der Waals surface area contributed by atoms with Crippen molar-refractivity contribution in [3.05, 3.63) is 16.4 Å². The quantitative estimate of drug-likeness (QED) is 0.906. The Morgan fingerprint density at radius 3 is 2.57 bits per heavy atom. The van der Waals surface area contributed by atoms with Crippen LogP contribution in [0.5, 0.6) is 0 Å². The number of rotatable bonds is 3. The van der Waals surface area contributed by atoms with Crippen LogP contribution in [0, 0.1) is 12.8 Å². The molecule has 0 bridgehead atoms. The van der Waals surface area contributed by atoms with Gasteiger partial charge in [-0.05, 0) is 32.6 Å². The largest absolute Gasteiger partial charge is 0.343 e. The number of aromatic nitrogens is 2. The molecule has 1 aromatic rings. The summed E-state index contributed by atoms with van der Waals surface area (Å²) in [5, 5.41) is 7.56. The Hall–Kier alpha value is -1.56. The van der Waals surface area contributed by atoms with Gasteiger partial charge in [0.25, 0.3) is 0 Å². The summed E-state index contributed by atoms with van der Waals surface area (Å²) < 4.78 is 1.59. The number of carbonyl (C=O) groups is 2. The molecule has 0 aromatic carbocycles. The monoisotopic (exact) mass is 310 g/mol. The van der Waals surface area contributed by atoms with E-state index < -0.39 is 6.04 Å². The van der Waals surface area contributed by atoms with Gasteiger partial charge in [0.2, 0.25) is 11.8 Å². The minimum Gasteiger partial charge on any atom is -0.343 e. The average Bonchev–Trinajstić information content (AvgIpc) is 3.20. The molecule has 1 aromatic heterocycles. The summed E-state index contributed by atoms with van der Waals surface area (Å²) in [5.74, 6) is 0.172. The lowest BCUT2D eigenvalue weighted by molar-refractivity contribution is -0.150. The molecule has 2 amide bonds. The van der Waals surface area contributed by atoms with Gasteiger partial charge in [-0.25, -0.2) is 0 Å². The molecular formula is C14H19ClN4O2. The Labute approximate surface area is 128 Å². The summed E-state index contributed by atoms with van der Waals surface area (Å²) in [4.78, 5) is 26.4. The summed E-state index contributed by atoms with van der Waals surface area (Å²) in [6.45, 7) is 3.93. The smallest absolute Gasteiger partial charge is 0.245 e. The van der Waals surface area contributed by atoms with Gasteiger partial charge in [-0.15, -0.1) is 0 Å². The lowest BCUT2D eigenvalue weighted by Gasteiger charge is -2.38. The predicted octanol–water partition coefficient (Wildman–Crippen LogP) is 1.01. The van der Waals surface area contributed by atoms with E-state index >= 15 is 0 Å². The van der Waals surface area contributed by atoms with Crippen molar-refractivity contribution in [1.29, 1.82) is 0 Å². The first-order valence-corrected chi connectivity index (χ1v) is 7.56. The molecule has 6 nitrogen and oxygen atoms in total. The highest BCUT2D eigenvalue weighted by Gasteiger charge is 2.47. The zero-order chi connectivity index (χ0) is 15.3. The fourth-order valence-corrected chi connectivity index (χ4v) is 3.20. The van der Waals surface area contributed by atoms with Gasteiger partial charge in [0.1, 0.15) is 17.2 Å². The van der Waals surface area contributed by atoms with Gasteiger partial charge in [0.15, 0.2) is 0 Å². The molecule has 0 radical (unpaired) electrons. The number of aryl methyl sites for hydroxylation is 2. The first-order valence-electron chi connectivity index (χ1n) is 7.19. The van der Waals surface area contributed by atoms with E-state index in [0.29, 0.717) is 11.7 Å². The standard InChI is InChI=1S/C14H19ClN4O2/c1-7-10(12(15)18(3)17-7)6-19-11(9-4-5-9)13(20)16-8(2)14(19)21/h8-9,11H,4-6H2,1-3H3,(H,16,20). The SMILES string of the molecule is Cc1nn(C)c(Cl)c1CN1C(=O)C(C)NC(=O)C1C1CC1. The van der Waals surface area contributed by atoms with Gasteiger partial charge < -0.3 is 10.2 Å². The maximum Gasteiger partial charge on any atom is 0.245 e.